The van der Waals surface area contributed by atoms with E-state index in [0.29, 0.717) is 29.6 Å². The van der Waals surface area contributed by atoms with Crippen molar-refractivity contribution in [2.24, 2.45) is 0 Å². The van der Waals surface area contributed by atoms with Gasteiger partial charge in [-0.3, -0.25) is 0 Å². The maximum absolute atomic E-state index is 11.6. The molecular weight excluding hydrogens is 372 g/mol. The minimum atomic E-state index is -0.958. The smallest absolute Gasteiger partial charge is 0.337 e. The summed E-state index contributed by atoms with van der Waals surface area (Å²) in [5.41, 5.74) is 3.27. The first-order chi connectivity index (χ1) is 13.6. The summed E-state index contributed by atoms with van der Waals surface area (Å²) in [4.78, 5) is 12.4. The molecule has 0 unspecified atom stereocenters. The van der Waals surface area contributed by atoms with E-state index in [1.807, 2.05) is 61.7 Å². The van der Waals surface area contributed by atoms with Crippen molar-refractivity contribution in [2.45, 2.75) is 20.5 Å². The molecule has 1 heterocycles. The van der Waals surface area contributed by atoms with Gasteiger partial charge in [0, 0.05) is 4.88 Å². The second-order valence-electron chi connectivity index (χ2n) is 6.26. The highest BCUT2D eigenvalue weighted by atomic mass is 32.1. The van der Waals surface area contributed by atoms with E-state index in [0.717, 1.165) is 11.1 Å². The SMILES string of the molecule is CCOc1cc(/C=C(\C(=O)O)c2cccs2)ccc1OCc1cccc(C)c1. The Bertz CT molecular complexity index is 974. The summed E-state index contributed by atoms with van der Waals surface area (Å²) in [7, 11) is 0. The number of aliphatic carboxylic acids is 1. The molecular formula is C23H22O4S. The fraction of sp³-hybridized carbons (Fsp3) is 0.174. The topological polar surface area (TPSA) is 55.8 Å². The number of carboxylic acids is 1. The lowest BCUT2D eigenvalue weighted by atomic mass is 10.1. The second kappa shape index (κ2) is 9.24. The highest BCUT2D eigenvalue weighted by molar-refractivity contribution is 7.11. The second-order valence-corrected chi connectivity index (χ2v) is 7.21. The van der Waals surface area contributed by atoms with E-state index in [-0.39, 0.29) is 5.57 Å². The van der Waals surface area contributed by atoms with Crippen LogP contribution in [0.4, 0.5) is 0 Å². The van der Waals surface area contributed by atoms with Crippen molar-refractivity contribution in [3.05, 3.63) is 81.5 Å². The van der Waals surface area contributed by atoms with Gasteiger partial charge in [0.15, 0.2) is 11.5 Å². The molecule has 0 aliphatic carbocycles. The quantitative estimate of drug-likeness (QED) is 0.501. The third-order valence-electron chi connectivity index (χ3n) is 4.07. The van der Waals surface area contributed by atoms with E-state index in [4.69, 9.17) is 9.47 Å². The lowest BCUT2D eigenvalue weighted by molar-refractivity contribution is -0.130. The van der Waals surface area contributed by atoms with Crippen molar-refractivity contribution in [1.29, 1.82) is 0 Å². The summed E-state index contributed by atoms with van der Waals surface area (Å²) in [6, 6.07) is 17.3. The number of hydrogen-bond donors (Lipinski definition) is 1. The maximum Gasteiger partial charge on any atom is 0.337 e. The Balaban J connectivity index is 1.86. The molecule has 3 rings (SSSR count). The molecule has 1 aromatic heterocycles. The fourth-order valence-electron chi connectivity index (χ4n) is 2.80. The van der Waals surface area contributed by atoms with Crippen LogP contribution < -0.4 is 9.47 Å². The number of rotatable bonds is 8. The van der Waals surface area contributed by atoms with Crippen molar-refractivity contribution < 1.29 is 19.4 Å². The first-order valence-corrected chi connectivity index (χ1v) is 9.89. The van der Waals surface area contributed by atoms with Crippen molar-refractivity contribution in [1.82, 2.24) is 0 Å². The molecule has 2 aromatic carbocycles. The molecule has 0 amide bonds. The van der Waals surface area contributed by atoms with Crippen LogP contribution in [0, 0.1) is 6.92 Å². The van der Waals surface area contributed by atoms with Gasteiger partial charge in [0.05, 0.1) is 12.2 Å². The molecule has 28 heavy (non-hydrogen) atoms. The zero-order chi connectivity index (χ0) is 19.9. The van der Waals surface area contributed by atoms with Gasteiger partial charge >= 0.3 is 5.97 Å². The predicted molar refractivity (Wildman–Crippen MR) is 113 cm³/mol. The van der Waals surface area contributed by atoms with Gasteiger partial charge in [-0.2, -0.15) is 0 Å². The Morgan fingerprint density at radius 1 is 1.07 bits per heavy atom. The zero-order valence-corrected chi connectivity index (χ0v) is 16.7. The summed E-state index contributed by atoms with van der Waals surface area (Å²) < 4.78 is 11.7. The minimum absolute atomic E-state index is 0.255. The van der Waals surface area contributed by atoms with Gasteiger partial charge in [-0.25, -0.2) is 4.79 Å². The Hall–Kier alpha value is -3.05. The van der Waals surface area contributed by atoms with Gasteiger partial charge in [-0.1, -0.05) is 42.0 Å². The third kappa shape index (κ3) is 5.02. The Labute approximate surface area is 168 Å². The van der Waals surface area contributed by atoms with Crippen molar-refractivity contribution in [2.75, 3.05) is 6.61 Å². The highest BCUT2D eigenvalue weighted by Crippen LogP contribution is 2.31. The number of carbonyl (C=O) groups is 1. The van der Waals surface area contributed by atoms with Crippen LogP contribution in [0.15, 0.2) is 60.0 Å². The van der Waals surface area contributed by atoms with E-state index in [1.54, 1.807) is 12.1 Å². The van der Waals surface area contributed by atoms with E-state index < -0.39 is 5.97 Å². The van der Waals surface area contributed by atoms with E-state index in [1.165, 1.54) is 16.9 Å². The van der Waals surface area contributed by atoms with Crippen molar-refractivity contribution in [3.8, 4) is 11.5 Å². The Morgan fingerprint density at radius 3 is 2.61 bits per heavy atom. The first-order valence-electron chi connectivity index (χ1n) is 9.01. The highest BCUT2D eigenvalue weighted by Gasteiger charge is 2.13. The molecule has 0 spiro atoms. The fourth-order valence-corrected chi connectivity index (χ4v) is 3.54. The Kier molecular flexibility index (Phi) is 6.50. The molecule has 5 heteroatoms. The summed E-state index contributed by atoms with van der Waals surface area (Å²) in [6.45, 7) is 4.88. The van der Waals surface area contributed by atoms with E-state index in [2.05, 4.69) is 6.07 Å². The van der Waals surface area contributed by atoms with Gasteiger partial charge in [-0.15, -0.1) is 11.3 Å². The normalized spacial score (nSPS) is 11.3. The summed E-state index contributed by atoms with van der Waals surface area (Å²) in [5.74, 6) is 0.272. The van der Waals surface area contributed by atoms with Crippen LogP contribution in [0.5, 0.6) is 11.5 Å². The average Bonchev–Trinajstić information content (AvgIpc) is 3.20. The number of benzene rings is 2. The van der Waals surface area contributed by atoms with Gasteiger partial charge in [-0.05, 0) is 54.6 Å². The minimum Gasteiger partial charge on any atom is -0.490 e. The molecule has 144 valence electrons. The standard InChI is InChI=1S/C23H22O4S/c1-3-26-21-14-17(13-19(23(24)25)22-8-5-11-28-22)9-10-20(21)27-15-18-7-4-6-16(2)12-18/h4-14H,3,15H2,1-2H3,(H,24,25)/b19-13-. The van der Waals surface area contributed by atoms with Gasteiger partial charge in [0.2, 0.25) is 0 Å². The van der Waals surface area contributed by atoms with Crippen LogP contribution >= 0.6 is 11.3 Å². The van der Waals surface area contributed by atoms with Crippen LogP contribution in [-0.2, 0) is 11.4 Å². The number of carboxylic acid groups (broad SMARTS) is 1. The molecule has 0 fully saturated rings. The molecule has 4 nitrogen and oxygen atoms in total. The monoisotopic (exact) mass is 394 g/mol. The van der Waals surface area contributed by atoms with Gasteiger partial charge in [0.1, 0.15) is 6.61 Å². The summed E-state index contributed by atoms with van der Waals surface area (Å²) in [6.07, 6.45) is 1.65. The number of thiophene rings is 1. The summed E-state index contributed by atoms with van der Waals surface area (Å²) >= 11 is 1.40. The van der Waals surface area contributed by atoms with Crippen LogP contribution in [0.1, 0.15) is 28.5 Å². The van der Waals surface area contributed by atoms with Crippen LogP contribution in [-0.4, -0.2) is 17.7 Å². The molecule has 0 saturated carbocycles. The zero-order valence-electron chi connectivity index (χ0n) is 15.8. The van der Waals surface area contributed by atoms with Gasteiger partial charge in [0.25, 0.3) is 0 Å². The Morgan fingerprint density at radius 2 is 1.93 bits per heavy atom. The predicted octanol–water partition coefficient (Wildman–Crippen LogP) is 5.66. The van der Waals surface area contributed by atoms with E-state index in [9.17, 15) is 9.90 Å². The molecule has 0 aliphatic heterocycles. The summed E-state index contributed by atoms with van der Waals surface area (Å²) in [5, 5.41) is 11.4. The van der Waals surface area contributed by atoms with Crippen LogP contribution in [0.25, 0.3) is 11.6 Å². The van der Waals surface area contributed by atoms with Gasteiger partial charge < -0.3 is 14.6 Å². The number of aryl methyl sites for hydroxylation is 1. The third-order valence-corrected chi connectivity index (χ3v) is 4.98. The van der Waals surface area contributed by atoms with Crippen molar-refractivity contribution >= 4 is 29.0 Å². The largest absolute Gasteiger partial charge is 0.490 e. The molecule has 0 radical (unpaired) electrons. The molecule has 0 atom stereocenters. The van der Waals surface area contributed by atoms with Crippen LogP contribution in [0.3, 0.4) is 0 Å². The maximum atomic E-state index is 11.6. The lowest BCUT2D eigenvalue weighted by Gasteiger charge is -2.13. The van der Waals surface area contributed by atoms with Crippen molar-refractivity contribution in [3.63, 3.8) is 0 Å². The molecule has 0 aliphatic rings. The molecule has 3 aromatic rings. The first kappa shape index (κ1) is 19.7. The lowest BCUT2D eigenvalue weighted by Crippen LogP contribution is -2.01. The molecule has 1 N–H and O–H groups in total. The number of hydrogen-bond acceptors (Lipinski definition) is 4. The number of ether oxygens (including phenoxy) is 2. The van der Waals surface area contributed by atoms with Crippen LogP contribution in [0.2, 0.25) is 0 Å². The average molecular weight is 394 g/mol. The van der Waals surface area contributed by atoms with E-state index >= 15 is 0 Å². The molecule has 0 saturated heterocycles. The molecule has 0 bridgehead atoms.